The highest BCUT2D eigenvalue weighted by atomic mass is 35.5. The van der Waals surface area contributed by atoms with E-state index in [1.54, 1.807) is 11.8 Å². The zero-order valence-corrected chi connectivity index (χ0v) is 17.9. The Hall–Kier alpha value is -1.98. The third kappa shape index (κ3) is 4.89. The van der Waals surface area contributed by atoms with E-state index in [4.69, 9.17) is 11.6 Å². The average Bonchev–Trinajstić information content (AvgIpc) is 3.04. The van der Waals surface area contributed by atoms with Crippen LogP contribution in [0.2, 0.25) is 5.02 Å². The molecular weight excluding hydrogens is 392 g/mol. The van der Waals surface area contributed by atoms with Crippen LogP contribution in [-0.4, -0.2) is 28.5 Å². The largest absolute Gasteiger partial charge is 0.349 e. The van der Waals surface area contributed by atoms with Gasteiger partial charge in [0.25, 0.3) is 5.91 Å². The third-order valence-corrected chi connectivity index (χ3v) is 6.56. The van der Waals surface area contributed by atoms with E-state index in [0.717, 1.165) is 11.1 Å². The van der Waals surface area contributed by atoms with Crippen LogP contribution in [0.5, 0.6) is 0 Å². The summed E-state index contributed by atoms with van der Waals surface area (Å²) in [5.41, 5.74) is 2.71. The van der Waals surface area contributed by atoms with Gasteiger partial charge < -0.3 is 10.2 Å². The van der Waals surface area contributed by atoms with Crippen LogP contribution in [0.4, 0.5) is 0 Å². The van der Waals surface area contributed by atoms with E-state index >= 15 is 0 Å². The lowest BCUT2D eigenvalue weighted by molar-refractivity contribution is -0.128. The van der Waals surface area contributed by atoms with Gasteiger partial charge >= 0.3 is 0 Å². The maximum Gasteiger partial charge on any atom is 0.251 e. The highest BCUT2D eigenvalue weighted by molar-refractivity contribution is 8.00. The molecule has 3 rings (SSSR count). The molecule has 0 saturated carbocycles. The number of hydrogen-bond donors (Lipinski definition) is 1. The van der Waals surface area contributed by atoms with Gasteiger partial charge in [-0.3, -0.25) is 9.59 Å². The van der Waals surface area contributed by atoms with Gasteiger partial charge in [-0.05, 0) is 48.2 Å². The maximum absolute atomic E-state index is 12.4. The van der Waals surface area contributed by atoms with E-state index in [0.29, 0.717) is 28.8 Å². The molecule has 0 radical (unpaired) electrons. The van der Waals surface area contributed by atoms with Crippen molar-refractivity contribution in [2.45, 2.75) is 38.7 Å². The van der Waals surface area contributed by atoms with E-state index < -0.39 is 0 Å². The Morgan fingerprint density at radius 2 is 1.79 bits per heavy atom. The lowest BCUT2D eigenvalue weighted by Crippen LogP contribution is -2.36. The maximum atomic E-state index is 12.4. The van der Waals surface area contributed by atoms with Crippen LogP contribution in [0.3, 0.4) is 0 Å². The van der Waals surface area contributed by atoms with Crippen molar-refractivity contribution in [1.82, 2.24) is 10.2 Å². The summed E-state index contributed by atoms with van der Waals surface area (Å²) < 4.78 is 0. The number of thioether (sulfide) groups is 1. The third-order valence-electron chi connectivity index (χ3n) is 5.05. The minimum atomic E-state index is -0.0686. The molecule has 1 N–H and O–H groups in total. The smallest absolute Gasteiger partial charge is 0.251 e. The Bertz CT molecular complexity index is 837. The monoisotopic (exact) mass is 416 g/mol. The van der Waals surface area contributed by atoms with Crippen molar-refractivity contribution >= 4 is 35.2 Å². The molecule has 1 fully saturated rings. The first-order chi connectivity index (χ1) is 13.3. The van der Waals surface area contributed by atoms with E-state index in [9.17, 15) is 9.59 Å². The first kappa shape index (κ1) is 20.7. The molecule has 2 aromatic carbocycles. The van der Waals surface area contributed by atoms with Gasteiger partial charge in [-0.25, -0.2) is 0 Å². The Morgan fingerprint density at radius 3 is 2.39 bits per heavy atom. The summed E-state index contributed by atoms with van der Waals surface area (Å²) >= 11 is 7.57. The van der Waals surface area contributed by atoms with Gasteiger partial charge in [0.2, 0.25) is 5.91 Å². The molecule has 6 heteroatoms. The number of halogens is 1. The van der Waals surface area contributed by atoms with Crippen molar-refractivity contribution < 1.29 is 9.59 Å². The molecule has 2 atom stereocenters. The first-order valence-electron chi connectivity index (χ1n) is 9.41. The molecule has 2 aromatic rings. The number of nitrogens with one attached hydrogen (secondary N) is 1. The molecule has 0 spiro atoms. The van der Waals surface area contributed by atoms with Crippen molar-refractivity contribution in [3.8, 4) is 0 Å². The second-order valence-corrected chi connectivity index (χ2v) is 8.94. The highest BCUT2D eigenvalue weighted by Gasteiger charge is 2.32. The molecule has 148 valence electrons. The molecule has 1 heterocycles. The average molecular weight is 417 g/mol. The van der Waals surface area contributed by atoms with Crippen LogP contribution < -0.4 is 5.32 Å². The molecular formula is C22H25ClN2O2S. The molecule has 2 unspecified atom stereocenters. The normalized spacial score (nSPS) is 17.8. The Balaban J connectivity index is 1.72. The van der Waals surface area contributed by atoms with Crippen molar-refractivity contribution in [1.29, 1.82) is 0 Å². The minimum Gasteiger partial charge on any atom is -0.349 e. The molecule has 0 aromatic heterocycles. The first-order valence-corrected chi connectivity index (χ1v) is 10.8. The fourth-order valence-electron chi connectivity index (χ4n) is 2.94. The van der Waals surface area contributed by atoms with Crippen LogP contribution in [0.1, 0.15) is 47.6 Å². The number of nitrogens with zero attached hydrogens (tertiary/aromatic N) is 1. The van der Waals surface area contributed by atoms with Crippen LogP contribution in [-0.2, 0) is 11.3 Å². The zero-order chi connectivity index (χ0) is 20.3. The Morgan fingerprint density at radius 1 is 1.14 bits per heavy atom. The van der Waals surface area contributed by atoms with Gasteiger partial charge in [-0.2, -0.15) is 0 Å². The molecule has 0 bridgehead atoms. The van der Waals surface area contributed by atoms with E-state index in [1.807, 2.05) is 60.4 Å². The number of carbonyl (C=O) groups is 2. The van der Waals surface area contributed by atoms with Gasteiger partial charge in [0.05, 0.1) is 5.75 Å². The summed E-state index contributed by atoms with van der Waals surface area (Å²) in [6.45, 7) is 6.71. The van der Waals surface area contributed by atoms with Crippen molar-refractivity contribution in [2.24, 2.45) is 5.92 Å². The number of benzene rings is 2. The SMILES string of the molecule is CC(C)C(C)NC(=O)c1ccc(C2SCC(=O)N2Cc2ccc(Cl)cc2)cc1. The topological polar surface area (TPSA) is 49.4 Å². The standard InChI is InChI=1S/C22H25ClN2O2S/c1-14(2)15(3)24-21(27)17-6-8-18(9-7-17)22-25(20(26)13-28-22)12-16-4-10-19(23)11-5-16/h4-11,14-15,22H,12-13H2,1-3H3,(H,24,27). The Labute approximate surface area is 175 Å². The highest BCUT2D eigenvalue weighted by Crippen LogP contribution is 2.39. The van der Waals surface area contributed by atoms with Crippen molar-refractivity contribution in [2.75, 3.05) is 5.75 Å². The number of rotatable bonds is 6. The summed E-state index contributed by atoms with van der Waals surface area (Å²) in [6.07, 6.45) is 0. The number of amides is 2. The second kappa shape index (κ2) is 9.01. The molecule has 4 nitrogen and oxygen atoms in total. The van der Waals surface area contributed by atoms with E-state index in [-0.39, 0.29) is 23.2 Å². The van der Waals surface area contributed by atoms with Gasteiger partial charge in [0.1, 0.15) is 5.37 Å². The number of carbonyl (C=O) groups excluding carboxylic acids is 2. The summed E-state index contributed by atoms with van der Waals surface area (Å²) in [7, 11) is 0. The number of hydrogen-bond acceptors (Lipinski definition) is 3. The predicted octanol–water partition coefficient (Wildman–Crippen LogP) is 4.89. The Kier molecular flexibility index (Phi) is 6.68. The summed E-state index contributed by atoms with van der Waals surface area (Å²) in [6, 6.07) is 15.2. The molecule has 0 aliphatic carbocycles. The molecule has 28 heavy (non-hydrogen) atoms. The van der Waals surface area contributed by atoms with Crippen LogP contribution in [0.15, 0.2) is 48.5 Å². The zero-order valence-electron chi connectivity index (χ0n) is 16.3. The van der Waals surface area contributed by atoms with Gasteiger partial charge in [-0.1, -0.05) is 49.7 Å². The molecule has 1 saturated heterocycles. The van der Waals surface area contributed by atoms with E-state index in [2.05, 4.69) is 19.2 Å². The van der Waals surface area contributed by atoms with E-state index in [1.165, 1.54) is 0 Å². The van der Waals surface area contributed by atoms with Gasteiger partial charge in [-0.15, -0.1) is 11.8 Å². The van der Waals surface area contributed by atoms with Gasteiger partial charge in [0, 0.05) is 23.2 Å². The quantitative estimate of drug-likeness (QED) is 0.729. The predicted molar refractivity (Wildman–Crippen MR) is 115 cm³/mol. The van der Waals surface area contributed by atoms with Crippen LogP contribution >= 0.6 is 23.4 Å². The molecule has 1 aliphatic heterocycles. The summed E-state index contributed by atoms with van der Waals surface area (Å²) in [5.74, 6) is 0.899. The van der Waals surface area contributed by atoms with Crippen molar-refractivity contribution in [3.05, 3.63) is 70.2 Å². The van der Waals surface area contributed by atoms with Crippen LogP contribution in [0, 0.1) is 5.92 Å². The molecule has 2 amide bonds. The summed E-state index contributed by atoms with van der Waals surface area (Å²) in [5, 5.41) is 3.66. The van der Waals surface area contributed by atoms with Crippen LogP contribution in [0.25, 0.3) is 0 Å². The fourth-order valence-corrected chi connectivity index (χ4v) is 4.26. The lowest BCUT2D eigenvalue weighted by atomic mass is 10.1. The van der Waals surface area contributed by atoms with Gasteiger partial charge in [0.15, 0.2) is 0 Å². The summed E-state index contributed by atoms with van der Waals surface area (Å²) in [4.78, 5) is 26.7. The van der Waals surface area contributed by atoms with Crippen molar-refractivity contribution in [3.63, 3.8) is 0 Å². The molecule has 1 aliphatic rings. The fraction of sp³-hybridized carbons (Fsp3) is 0.364. The lowest BCUT2D eigenvalue weighted by Gasteiger charge is -2.24. The minimum absolute atomic E-state index is 0.0464. The second-order valence-electron chi connectivity index (χ2n) is 7.44.